The Morgan fingerprint density at radius 1 is 1.64 bits per heavy atom. The Bertz CT molecular complexity index is 131. The van der Waals surface area contributed by atoms with Gasteiger partial charge in [-0.1, -0.05) is 6.92 Å². The minimum absolute atomic E-state index is 0.0394. The summed E-state index contributed by atoms with van der Waals surface area (Å²) >= 11 is 0. The Kier molecular flexibility index (Phi) is 3.26. The summed E-state index contributed by atoms with van der Waals surface area (Å²) in [5.41, 5.74) is 0. The van der Waals surface area contributed by atoms with Crippen molar-refractivity contribution >= 4 is 9.47 Å². The second-order valence-corrected chi connectivity index (χ2v) is 3.15. The molecule has 0 aromatic carbocycles. The van der Waals surface area contributed by atoms with E-state index in [-0.39, 0.29) is 18.3 Å². The van der Waals surface area contributed by atoms with Crippen molar-refractivity contribution in [3.63, 3.8) is 0 Å². The van der Waals surface area contributed by atoms with Gasteiger partial charge in [-0.05, 0) is 13.3 Å². The van der Waals surface area contributed by atoms with Gasteiger partial charge in [0.15, 0.2) is 0 Å². The van der Waals surface area contributed by atoms with Crippen LogP contribution in [0.3, 0.4) is 0 Å². The molecule has 0 aromatic heterocycles. The first-order chi connectivity index (χ1) is 5.20. The molecule has 0 spiro atoms. The zero-order chi connectivity index (χ0) is 8.43. The molecule has 1 saturated heterocycles. The van der Waals surface area contributed by atoms with Gasteiger partial charge in [-0.25, -0.2) is 0 Å². The fourth-order valence-electron chi connectivity index (χ4n) is 1.42. The molecule has 0 aromatic rings. The maximum Gasteiger partial charge on any atom is 0.116 e. The van der Waals surface area contributed by atoms with Crippen LogP contribution in [0.4, 0.5) is 0 Å². The molecule has 0 amide bonds. The summed E-state index contributed by atoms with van der Waals surface area (Å²) < 4.78 is 10.5. The number of aliphatic hydroxyl groups is 1. The summed E-state index contributed by atoms with van der Waals surface area (Å²) in [5, 5.41) is 9.50. The third-order valence-electron chi connectivity index (χ3n) is 2.13. The van der Waals surface area contributed by atoms with E-state index in [2.05, 4.69) is 9.47 Å². The van der Waals surface area contributed by atoms with Gasteiger partial charge in [0.25, 0.3) is 0 Å². The average molecular weight is 178 g/mol. The third kappa shape index (κ3) is 1.73. The molecule has 1 aliphatic heterocycles. The molecule has 11 heavy (non-hydrogen) atoms. The van der Waals surface area contributed by atoms with Crippen LogP contribution in [0.2, 0.25) is 0 Å². The largest absolute Gasteiger partial charge is 0.388 e. The molecule has 0 radical (unpaired) electrons. The van der Waals surface area contributed by atoms with E-state index in [4.69, 9.17) is 9.26 Å². The van der Waals surface area contributed by atoms with Crippen molar-refractivity contribution in [3.05, 3.63) is 0 Å². The maximum atomic E-state index is 9.50. The number of aliphatic hydroxyl groups excluding tert-OH is 1. The quantitative estimate of drug-likeness (QED) is 0.633. The Labute approximate surface area is 69.4 Å². The highest BCUT2D eigenvalue weighted by atomic mass is 31.0. The predicted molar refractivity (Wildman–Crippen MR) is 45.2 cm³/mol. The van der Waals surface area contributed by atoms with Gasteiger partial charge in [0.1, 0.15) is 12.2 Å². The van der Waals surface area contributed by atoms with Crippen molar-refractivity contribution in [2.75, 3.05) is 0 Å². The lowest BCUT2D eigenvalue weighted by Gasteiger charge is -2.16. The molecule has 3 nitrogen and oxygen atoms in total. The van der Waals surface area contributed by atoms with Crippen LogP contribution in [0.1, 0.15) is 20.3 Å². The molecule has 2 unspecified atom stereocenters. The Morgan fingerprint density at radius 3 is 2.64 bits per heavy atom. The van der Waals surface area contributed by atoms with Crippen molar-refractivity contribution < 1.29 is 14.4 Å². The summed E-state index contributed by atoms with van der Waals surface area (Å²) in [6.45, 7) is 3.88. The highest BCUT2D eigenvalue weighted by Gasteiger charge is 2.40. The van der Waals surface area contributed by atoms with Gasteiger partial charge in [0.2, 0.25) is 0 Å². The zero-order valence-electron chi connectivity index (χ0n) is 6.86. The minimum Gasteiger partial charge on any atom is -0.388 e. The van der Waals surface area contributed by atoms with Crippen molar-refractivity contribution in [1.82, 2.24) is 0 Å². The van der Waals surface area contributed by atoms with Crippen LogP contribution in [0.25, 0.3) is 0 Å². The van der Waals surface area contributed by atoms with Crippen molar-refractivity contribution in [3.8, 4) is 0 Å². The summed E-state index contributed by atoms with van der Waals surface area (Å²) in [6.07, 6.45) is 0.140. The monoisotopic (exact) mass is 178 g/mol. The van der Waals surface area contributed by atoms with Gasteiger partial charge in [0.05, 0.1) is 12.2 Å². The van der Waals surface area contributed by atoms with Crippen LogP contribution < -0.4 is 0 Å². The molecular weight excluding hydrogens is 163 g/mol. The zero-order valence-corrected chi connectivity index (χ0v) is 8.01. The van der Waals surface area contributed by atoms with E-state index in [0.29, 0.717) is 0 Å². The molecule has 1 fully saturated rings. The van der Waals surface area contributed by atoms with Gasteiger partial charge in [-0.3, -0.25) is 0 Å². The first-order valence-corrected chi connectivity index (χ1v) is 4.37. The molecule has 0 bridgehead atoms. The van der Waals surface area contributed by atoms with Gasteiger partial charge < -0.3 is 14.4 Å². The van der Waals surface area contributed by atoms with Gasteiger partial charge in [-0.2, -0.15) is 0 Å². The summed E-state index contributed by atoms with van der Waals surface area (Å²) in [5.74, 6) is 0. The molecule has 1 rings (SSSR count). The van der Waals surface area contributed by atoms with E-state index in [1.54, 1.807) is 0 Å². The third-order valence-corrected chi connectivity index (χ3v) is 2.45. The van der Waals surface area contributed by atoms with Crippen LogP contribution >= 0.6 is 9.47 Å². The molecule has 0 saturated carbocycles. The van der Waals surface area contributed by atoms with Crippen LogP contribution in [-0.2, 0) is 9.26 Å². The van der Waals surface area contributed by atoms with Crippen LogP contribution in [0.15, 0.2) is 0 Å². The normalized spacial score (nSPS) is 44.7. The lowest BCUT2D eigenvalue weighted by molar-refractivity contribution is 0.0196. The smallest absolute Gasteiger partial charge is 0.116 e. The van der Waals surface area contributed by atoms with Crippen LogP contribution in [0, 0.1) is 0 Å². The number of hydrogen-bond acceptors (Lipinski definition) is 3. The van der Waals surface area contributed by atoms with Gasteiger partial charge in [0, 0.05) is 9.47 Å². The fourth-order valence-corrected chi connectivity index (χ4v) is 1.75. The first kappa shape index (κ1) is 9.40. The van der Waals surface area contributed by atoms with Gasteiger partial charge >= 0.3 is 0 Å². The topological polar surface area (TPSA) is 38.7 Å². The van der Waals surface area contributed by atoms with E-state index in [1.165, 1.54) is 0 Å². The van der Waals surface area contributed by atoms with E-state index >= 15 is 0 Å². The lowest BCUT2D eigenvalue weighted by atomic mass is 10.1. The standard InChI is InChI=1S/C7H15O3P/c1-3-5-7(10-11)6(8)4(2)9-5/h4-8H,3,11H2,1-2H3/t4?,5-,6+,7-/m1/s1. The average Bonchev–Trinajstić information content (AvgIpc) is 2.28. The first-order valence-electron chi connectivity index (χ1n) is 3.89. The molecule has 0 aliphatic carbocycles. The molecule has 4 heteroatoms. The molecule has 1 heterocycles. The van der Waals surface area contributed by atoms with E-state index in [0.717, 1.165) is 6.42 Å². The highest BCUT2D eigenvalue weighted by Crippen LogP contribution is 2.26. The summed E-state index contributed by atoms with van der Waals surface area (Å²) in [4.78, 5) is 0. The molecule has 1 N–H and O–H groups in total. The lowest BCUT2D eigenvalue weighted by Crippen LogP contribution is -2.31. The van der Waals surface area contributed by atoms with Crippen molar-refractivity contribution in [2.45, 2.75) is 44.7 Å². The summed E-state index contributed by atoms with van der Waals surface area (Å²) in [6, 6.07) is 0. The van der Waals surface area contributed by atoms with E-state index < -0.39 is 6.10 Å². The Balaban J connectivity index is 2.57. The fraction of sp³-hybridized carbons (Fsp3) is 1.00. The Morgan fingerprint density at radius 2 is 2.27 bits per heavy atom. The van der Waals surface area contributed by atoms with Crippen LogP contribution in [-0.4, -0.2) is 29.5 Å². The minimum atomic E-state index is -0.488. The van der Waals surface area contributed by atoms with E-state index in [9.17, 15) is 5.11 Å². The molecular formula is C7H15O3P. The van der Waals surface area contributed by atoms with E-state index in [1.807, 2.05) is 13.8 Å². The Hall–Kier alpha value is 0.310. The summed E-state index contributed by atoms with van der Waals surface area (Å²) in [7, 11) is 2.18. The number of rotatable bonds is 2. The molecule has 66 valence electrons. The second kappa shape index (κ2) is 3.81. The molecule has 5 atom stereocenters. The highest BCUT2D eigenvalue weighted by molar-refractivity contribution is 7.09. The van der Waals surface area contributed by atoms with Crippen molar-refractivity contribution in [2.24, 2.45) is 0 Å². The molecule has 1 aliphatic rings. The number of ether oxygens (including phenoxy) is 1. The predicted octanol–water partition coefficient (Wildman–Crippen LogP) is 0.720. The second-order valence-electron chi connectivity index (χ2n) is 2.88. The van der Waals surface area contributed by atoms with Gasteiger partial charge in [-0.15, -0.1) is 0 Å². The maximum absolute atomic E-state index is 9.50. The SMILES string of the molecule is CC[C@H]1OC(C)[C@H](O)[C@@H]1OP. The van der Waals surface area contributed by atoms with Crippen molar-refractivity contribution in [1.29, 1.82) is 0 Å². The van der Waals surface area contributed by atoms with Crippen LogP contribution in [0.5, 0.6) is 0 Å². The number of hydrogen-bond donors (Lipinski definition) is 1.